The maximum Gasteiger partial charge on any atom is 0.241 e. The molecule has 2 fully saturated rings. The molecule has 0 spiro atoms. The highest BCUT2D eigenvalue weighted by Gasteiger charge is 2.44. The molecule has 1 saturated carbocycles. The number of amides is 1. The second-order valence-corrected chi connectivity index (χ2v) is 6.76. The smallest absolute Gasteiger partial charge is 0.241 e. The molecule has 1 aliphatic heterocycles. The zero-order valence-corrected chi connectivity index (χ0v) is 12.3. The van der Waals surface area contributed by atoms with Crippen LogP contribution in [0.3, 0.4) is 0 Å². The maximum atomic E-state index is 12.5. The Morgan fingerprint density at radius 1 is 1.22 bits per heavy atom. The van der Waals surface area contributed by atoms with Crippen LogP contribution in [-0.2, 0) is 4.79 Å². The summed E-state index contributed by atoms with van der Waals surface area (Å²) < 4.78 is 0. The van der Waals surface area contributed by atoms with Crippen molar-refractivity contribution in [3.05, 3.63) is 0 Å². The summed E-state index contributed by atoms with van der Waals surface area (Å²) in [5.41, 5.74) is 0. The monoisotopic (exact) mass is 252 g/mol. The quantitative estimate of drug-likeness (QED) is 0.834. The molecule has 0 radical (unpaired) electrons. The van der Waals surface area contributed by atoms with Crippen LogP contribution in [0.4, 0.5) is 0 Å². The van der Waals surface area contributed by atoms with Gasteiger partial charge in [-0.15, -0.1) is 0 Å². The molecule has 0 aromatic rings. The van der Waals surface area contributed by atoms with E-state index in [-0.39, 0.29) is 6.04 Å². The van der Waals surface area contributed by atoms with Gasteiger partial charge < -0.3 is 4.90 Å². The molecular formula is C15H28N2O. The van der Waals surface area contributed by atoms with Gasteiger partial charge in [0.1, 0.15) is 0 Å². The van der Waals surface area contributed by atoms with Gasteiger partial charge in [-0.3, -0.25) is 10.1 Å². The van der Waals surface area contributed by atoms with E-state index in [1.807, 2.05) is 0 Å². The summed E-state index contributed by atoms with van der Waals surface area (Å²) in [5, 5.41) is 3.61. The van der Waals surface area contributed by atoms with E-state index in [1.54, 1.807) is 0 Å². The second-order valence-electron chi connectivity index (χ2n) is 6.76. The minimum absolute atomic E-state index is 0.0364. The lowest BCUT2D eigenvalue weighted by Gasteiger charge is -2.30. The minimum atomic E-state index is 0.0364. The number of rotatable bonds is 4. The van der Waals surface area contributed by atoms with Crippen LogP contribution in [0.2, 0.25) is 0 Å². The van der Waals surface area contributed by atoms with Gasteiger partial charge in [0.05, 0.1) is 12.2 Å². The molecule has 0 bridgehead atoms. The van der Waals surface area contributed by atoms with E-state index in [1.165, 1.54) is 25.7 Å². The van der Waals surface area contributed by atoms with E-state index >= 15 is 0 Å². The first kappa shape index (κ1) is 13.9. The van der Waals surface area contributed by atoms with Gasteiger partial charge in [0.2, 0.25) is 5.91 Å². The third-order valence-electron chi connectivity index (χ3n) is 4.31. The number of hydrogen-bond donors (Lipinski definition) is 1. The van der Waals surface area contributed by atoms with Gasteiger partial charge in [0, 0.05) is 6.54 Å². The molecule has 0 aromatic carbocycles. The van der Waals surface area contributed by atoms with Crippen LogP contribution in [0.1, 0.15) is 53.4 Å². The molecule has 1 heterocycles. The lowest BCUT2D eigenvalue weighted by Crippen LogP contribution is -2.44. The molecule has 2 unspecified atom stereocenters. The fraction of sp³-hybridized carbons (Fsp3) is 0.933. The summed E-state index contributed by atoms with van der Waals surface area (Å²) in [6.07, 6.45) is 5.53. The van der Waals surface area contributed by atoms with E-state index in [2.05, 4.69) is 37.9 Å². The Bertz CT molecular complexity index is 295. The molecule has 2 aliphatic rings. The molecule has 1 N–H and O–H groups in total. The van der Waals surface area contributed by atoms with Gasteiger partial charge in [-0.2, -0.15) is 0 Å². The predicted molar refractivity (Wildman–Crippen MR) is 74.1 cm³/mol. The van der Waals surface area contributed by atoms with Crippen LogP contribution in [0.25, 0.3) is 0 Å². The number of nitrogens with zero attached hydrogens (tertiary/aromatic N) is 1. The SMILES string of the molecule is CC(C)CN1C(=O)C(C(C)C)NC1C1CCCC1. The van der Waals surface area contributed by atoms with Crippen molar-refractivity contribution in [1.82, 2.24) is 10.2 Å². The first-order valence-corrected chi connectivity index (χ1v) is 7.57. The van der Waals surface area contributed by atoms with Crippen molar-refractivity contribution in [3.63, 3.8) is 0 Å². The Hall–Kier alpha value is -0.570. The highest BCUT2D eigenvalue weighted by Crippen LogP contribution is 2.33. The summed E-state index contributed by atoms with van der Waals surface area (Å²) in [7, 11) is 0. The predicted octanol–water partition coefficient (Wildman–Crippen LogP) is 2.62. The minimum Gasteiger partial charge on any atom is -0.325 e. The highest BCUT2D eigenvalue weighted by molar-refractivity contribution is 5.84. The van der Waals surface area contributed by atoms with Crippen LogP contribution >= 0.6 is 0 Å². The fourth-order valence-electron chi connectivity index (χ4n) is 3.40. The molecule has 18 heavy (non-hydrogen) atoms. The van der Waals surface area contributed by atoms with Crippen molar-refractivity contribution < 1.29 is 4.79 Å². The fourth-order valence-corrected chi connectivity index (χ4v) is 3.40. The number of nitrogens with one attached hydrogen (secondary N) is 1. The maximum absolute atomic E-state index is 12.5. The lowest BCUT2D eigenvalue weighted by molar-refractivity contribution is -0.131. The average Bonchev–Trinajstić information content (AvgIpc) is 2.87. The molecule has 2 rings (SSSR count). The normalized spacial score (nSPS) is 30.1. The summed E-state index contributed by atoms with van der Waals surface area (Å²) in [5.74, 6) is 1.94. The van der Waals surface area contributed by atoms with Crippen molar-refractivity contribution in [2.45, 2.75) is 65.6 Å². The topological polar surface area (TPSA) is 32.3 Å². The van der Waals surface area contributed by atoms with Gasteiger partial charge in [-0.1, -0.05) is 40.5 Å². The van der Waals surface area contributed by atoms with E-state index in [9.17, 15) is 4.79 Å². The molecule has 3 nitrogen and oxygen atoms in total. The molecule has 2 atom stereocenters. The van der Waals surface area contributed by atoms with E-state index in [4.69, 9.17) is 0 Å². The molecule has 104 valence electrons. The van der Waals surface area contributed by atoms with Crippen LogP contribution in [0.5, 0.6) is 0 Å². The van der Waals surface area contributed by atoms with Gasteiger partial charge in [-0.25, -0.2) is 0 Å². The molecule has 1 saturated heterocycles. The number of hydrogen-bond acceptors (Lipinski definition) is 2. The number of carbonyl (C=O) groups excluding carboxylic acids is 1. The summed E-state index contributed by atoms with van der Waals surface area (Å²) in [6, 6.07) is 0.0364. The largest absolute Gasteiger partial charge is 0.325 e. The molecule has 0 aromatic heterocycles. The molecular weight excluding hydrogens is 224 g/mol. The summed E-state index contributed by atoms with van der Waals surface area (Å²) in [4.78, 5) is 14.6. The second kappa shape index (κ2) is 5.60. The Morgan fingerprint density at radius 2 is 1.83 bits per heavy atom. The highest BCUT2D eigenvalue weighted by atomic mass is 16.2. The third kappa shape index (κ3) is 2.71. The van der Waals surface area contributed by atoms with Gasteiger partial charge in [-0.05, 0) is 30.6 Å². The zero-order chi connectivity index (χ0) is 13.3. The van der Waals surface area contributed by atoms with Crippen molar-refractivity contribution in [1.29, 1.82) is 0 Å². The Morgan fingerprint density at radius 3 is 2.33 bits per heavy atom. The van der Waals surface area contributed by atoms with E-state index in [0.29, 0.717) is 29.8 Å². The zero-order valence-electron chi connectivity index (χ0n) is 12.3. The Labute approximate surface area is 111 Å². The van der Waals surface area contributed by atoms with E-state index < -0.39 is 0 Å². The number of carbonyl (C=O) groups is 1. The van der Waals surface area contributed by atoms with E-state index in [0.717, 1.165) is 6.54 Å². The van der Waals surface area contributed by atoms with Crippen LogP contribution in [-0.4, -0.2) is 29.6 Å². The van der Waals surface area contributed by atoms with Gasteiger partial charge in [0.15, 0.2) is 0 Å². The standard InChI is InChI=1S/C15H28N2O/c1-10(2)9-17-14(12-7-5-6-8-12)16-13(11(3)4)15(17)18/h10-14,16H,5-9H2,1-4H3. The van der Waals surface area contributed by atoms with Crippen LogP contribution in [0.15, 0.2) is 0 Å². The van der Waals surface area contributed by atoms with Crippen molar-refractivity contribution in [2.24, 2.45) is 17.8 Å². The first-order chi connectivity index (χ1) is 8.50. The Kier molecular flexibility index (Phi) is 4.31. The summed E-state index contributed by atoms with van der Waals surface area (Å²) >= 11 is 0. The lowest BCUT2D eigenvalue weighted by atomic mass is 10.0. The Balaban J connectivity index is 2.12. The van der Waals surface area contributed by atoms with Gasteiger partial charge in [0.25, 0.3) is 0 Å². The van der Waals surface area contributed by atoms with Crippen molar-refractivity contribution in [3.8, 4) is 0 Å². The third-order valence-corrected chi connectivity index (χ3v) is 4.31. The molecule has 3 heteroatoms. The van der Waals surface area contributed by atoms with Gasteiger partial charge >= 0.3 is 0 Å². The van der Waals surface area contributed by atoms with Crippen molar-refractivity contribution >= 4 is 5.91 Å². The molecule has 1 aliphatic carbocycles. The summed E-state index contributed by atoms with van der Waals surface area (Å²) in [6.45, 7) is 9.57. The first-order valence-electron chi connectivity index (χ1n) is 7.57. The van der Waals surface area contributed by atoms with Crippen LogP contribution < -0.4 is 5.32 Å². The van der Waals surface area contributed by atoms with Crippen molar-refractivity contribution in [2.75, 3.05) is 6.54 Å². The van der Waals surface area contributed by atoms with Crippen LogP contribution in [0, 0.1) is 17.8 Å². The average molecular weight is 252 g/mol. The molecule has 1 amide bonds.